The minimum Gasteiger partial charge on any atom is -0.356 e. The molecule has 0 aromatic rings. The predicted molar refractivity (Wildman–Crippen MR) is 35.8 cm³/mol. The van der Waals surface area contributed by atoms with E-state index >= 15 is 0 Å². The molecule has 0 fully saturated rings. The van der Waals surface area contributed by atoms with Crippen molar-refractivity contribution in [2.24, 2.45) is 4.99 Å². The second kappa shape index (κ2) is 4.91. The topological polar surface area (TPSA) is 60.2 Å². The first-order valence-electron chi connectivity index (χ1n) is 2.71. The standard InChI is InChI=1S/C5H10N4/c1-3-8-5(7-2)9-4-6/h3H2,1-2H3,(H2,7,8,9). The van der Waals surface area contributed by atoms with E-state index in [2.05, 4.69) is 15.6 Å². The normalized spacial score (nSPS) is 10.1. The van der Waals surface area contributed by atoms with Gasteiger partial charge in [-0.05, 0) is 6.92 Å². The van der Waals surface area contributed by atoms with Crippen molar-refractivity contribution in [1.82, 2.24) is 10.6 Å². The van der Waals surface area contributed by atoms with Crippen LogP contribution in [0.15, 0.2) is 4.99 Å². The monoisotopic (exact) mass is 126 g/mol. The first-order chi connectivity index (χ1) is 4.35. The van der Waals surface area contributed by atoms with E-state index in [0.29, 0.717) is 5.96 Å². The summed E-state index contributed by atoms with van der Waals surface area (Å²) in [6, 6.07) is 0. The van der Waals surface area contributed by atoms with Gasteiger partial charge < -0.3 is 5.32 Å². The maximum Gasteiger partial charge on any atom is 0.204 e. The van der Waals surface area contributed by atoms with E-state index in [1.165, 1.54) is 0 Å². The second-order valence-corrected chi connectivity index (χ2v) is 1.34. The van der Waals surface area contributed by atoms with Gasteiger partial charge >= 0.3 is 0 Å². The highest BCUT2D eigenvalue weighted by atomic mass is 15.2. The van der Waals surface area contributed by atoms with Gasteiger partial charge in [0.2, 0.25) is 5.96 Å². The summed E-state index contributed by atoms with van der Waals surface area (Å²) in [5.41, 5.74) is 0. The van der Waals surface area contributed by atoms with Crippen molar-refractivity contribution < 1.29 is 0 Å². The van der Waals surface area contributed by atoms with Gasteiger partial charge in [0.05, 0.1) is 0 Å². The summed E-state index contributed by atoms with van der Waals surface area (Å²) in [6.45, 7) is 2.70. The predicted octanol–water partition coefficient (Wildman–Crippen LogP) is -0.348. The SMILES string of the molecule is CCNC(=NC)NC#N. The van der Waals surface area contributed by atoms with Crippen molar-refractivity contribution in [2.75, 3.05) is 13.6 Å². The molecule has 0 rings (SSSR count). The first-order valence-corrected chi connectivity index (χ1v) is 2.71. The Bertz CT molecular complexity index is 132. The summed E-state index contributed by atoms with van der Waals surface area (Å²) < 4.78 is 0. The van der Waals surface area contributed by atoms with Gasteiger partial charge in [-0.15, -0.1) is 0 Å². The van der Waals surface area contributed by atoms with Crippen LogP contribution in [-0.4, -0.2) is 19.6 Å². The third kappa shape index (κ3) is 3.35. The van der Waals surface area contributed by atoms with E-state index in [1.807, 2.05) is 6.92 Å². The van der Waals surface area contributed by atoms with Crippen molar-refractivity contribution in [1.29, 1.82) is 5.26 Å². The summed E-state index contributed by atoms with van der Waals surface area (Å²) in [5, 5.41) is 13.3. The van der Waals surface area contributed by atoms with Gasteiger partial charge in [-0.2, -0.15) is 5.26 Å². The molecule has 0 aliphatic rings. The molecule has 50 valence electrons. The molecule has 0 aliphatic carbocycles. The van der Waals surface area contributed by atoms with Gasteiger partial charge in [-0.1, -0.05) is 0 Å². The van der Waals surface area contributed by atoms with Gasteiger partial charge in [-0.3, -0.25) is 10.3 Å². The lowest BCUT2D eigenvalue weighted by Crippen LogP contribution is -2.33. The average Bonchev–Trinajstić information content (AvgIpc) is 1.88. The number of guanidine groups is 1. The van der Waals surface area contributed by atoms with E-state index in [1.54, 1.807) is 13.2 Å². The molecule has 9 heavy (non-hydrogen) atoms. The summed E-state index contributed by atoms with van der Waals surface area (Å²) in [5.74, 6) is 0.514. The molecule has 0 atom stereocenters. The molecule has 0 aliphatic heterocycles. The van der Waals surface area contributed by atoms with E-state index in [-0.39, 0.29) is 0 Å². The van der Waals surface area contributed by atoms with Crippen LogP contribution in [0.25, 0.3) is 0 Å². The van der Waals surface area contributed by atoms with Crippen molar-refractivity contribution in [3.05, 3.63) is 0 Å². The minimum absolute atomic E-state index is 0.514. The minimum atomic E-state index is 0.514. The van der Waals surface area contributed by atoms with Crippen LogP contribution in [-0.2, 0) is 0 Å². The lowest BCUT2D eigenvalue weighted by atomic mass is 10.7. The Kier molecular flexibility index (Phi) is 4.23. The molecule has 4 heteroatoms. The Labute approximate surface area is 54.6 Å². The quantitative estimate of drug-likeness (QED) is 0.218. The Morgan fingerprint density at radius 1 is 1.78 bits per heavy atom. The first kappa shape index (κ1) is 7.76. The number of hydrogen-bond acceptors (Lipinski definition) is 2. The van der Waals surface area contributed by atoms with Crippen molar-refractivity contribution in [3.63, 3.8) is 0 Å². The van der Waals surface area contributed by atoms with Crippen LogP contribution in [0, 0.1) is 11.5 Å². The number of aliphatic imine (C=N–C) groups is 1. The molecule has 2 N–H and O–H groups in total. The fourth-order valence-corrected chi connectivity index (χ4v) is 0.400. The Morgan fingerprint density at radius 2 is 2.44 bits per heavy atom. The molecular formula is C5H10N4. The zero-order chi connectivity index (χ0) is 7.11. The van der Waals surface area contributed by atoms with Crippen LogP contribution < -0.4 is 10.6 Å². The van der Waals surface area contributed by atoms with Crippen LogP contribution >= 0.6 is 0 Å². The molecule has 0 aromatic carbocycles. The maximum atomic E-state index is 8.11. The number of rotatable bonds is 1. The highest BCUT2D eigenvalue weighted by Crippen LogP contribution is 1.62. The van der Waals surface area contributed by atoms with Crippen LogP contribution in [0.3, 0.4) is 0 Å². The Hall–Kier alpha value is -1.24. The van der Waals surface area contributed by atoms with Crippen LogP contribution in [0.5, 0.6) is 0 Å². The zero-order valence-corrected chi connectivity index (χ0v) is 5.60. The van der Waals surface area contributed by atoms with Gasteiger partial charge in [-0.25, -0.2) is 0 Å². The molecule has 0 saturated heterocycles. The molecule has 0 bridgehead atoms. The Balaban J connectivity index is 3.59. The maximum absolute atomic E-state index is 8.11. The van der Waals surface area contributed by atoms with Crippen molar-refractivity contribution in [2.45, 2.75) is 6.92 Å². The third-order valence-corrected chi connectivity index (χ3v) is 0.742. The van der Waals surface area contributed by atoms with Gasteiger partial charge in [0.1, 0.15) is 0 Å². The number of nitriles is 1. The van der Waals surface area contributed by atoms with Crippen molar-refractivity contribution in [3.8, 4) is 6.19 Å². The van der Waals surface area contributed by atoms with Crippen molar-refractivity contribution >= 4 is 5.96 Å². The Morgan fingerprint density at radius 3 is 2.78 bits per heavy atom. The molecule has 0 saturated carbocycles. The molecule has 0 aromatic heterocycles. The van der Waals surface area contributed by atoms with E-state index in [4.69, 9.17) is 5.26 Å². The summed E-state index contributed by atoms with van der Waals surface area (Å²) in [6.07, 6.45) is 1.76. The van der Waals surface area contributed by atoms with E-state index in [9.17, 15) is 0 Å². The number of nitrogens with zero attached hydrogens (tertiary/aromatic N) is 2. The van der Waals surface area contributed by atoms with E-state index in [0.717, 1.165) is 6.54 Å². The average molecular weight is 126 g/mol. The smallest absolute Gasteiger partial charge is 0.204 e. The van der Waals surface area contributed by atoms with Gasteiger partial charge in [0, 0.05) is 13.6 Å². The number of hydrogen-bond donors (Lipinski definition) is 2. The van der Waals surface area contributed by atoms with Crippen LogP contribution in [0.2, 0.25) is 0 Å². The zero-order valence-electron chi connectivity index (χ0n) is 5.60. The van der Waals surface area contributed by atoms with Gasteiger partial charge in [0.25, 0.3) is 0 Å². The fraction of sp³-hybridized carbons (Fsp3) is 0.600. The molecule has 0 amide bonds. The lowest BCUT2D eigenvalue weighted by molar-refractivity contribution is 0.923. The summed E-state index contributed by atoms with van der Waals surface area (Å²) >= 11 is 0. The second-order valence-electron chi connectivity index (χ2n) is 1.34. The highest BCUT2D eigenvalue weighted by molar-refractivity contribution is 5.80. The summed E-state index contributed by atoms with van der Waals surface area (Å²) in [4.78, 5) is 3.74. The highest BCUT2D eigenvalue weighted by Gasteiger charge is 1.88. The third-order valence-electron chi connectivity index (χ3n) is 0.742. The van der Waals surface area contributed by atoms with Crippen LogP contribution in [0.4, 0.5) is 0 Å². The summed E-state index contributed by atoms with van der Waals surface area (Å²) in [7, 11) is 1.61. The molecule has 0 heterocycles. The molecular weight excluding hydrogens is 116 g/mol. The lowest BCUT2D eigenvalue weighted by Gasteiger charge is -2.01. The molecule has 0 radical (unpaired) electrons. The molecule has 0 unspecified atom stereocenters. The fourth-order valence-electron chi connectivity index (χ4n) is 0.400. The number of nitrogens with one attached hydrogen (secondary N) is 2. The molecule has 4 nitrogen and oxygen atoms in total. The van der Waals surface area contributed by atoms with Crippen LogP contribution in [0.1, 0.15) is 6.92 Å². The van der Waals surface area contributed by atoms with E-state index < -0.39 is 0 Å². The largest absolute Gasteiger partial charge is 0.356 e. The molecule has 0 spiro atoms. The van der Waals surface area contributed by atoms with Gasteiger partial charge in [0.15, 0.2) is 6.19 Å².